The fraction of sp³-hybridized carbons (Fsp3) is 0. The van der Waals surface area contributed by atoms with Gasteiger partial charge in [-0.25, -0.2) is 8.42 Å². The molecular weight excluding hydrogens is 296 g/mol. The molecule has 7 heteroatoms. The van der Waals surface area contributed by atoms with Crippen LogP contribution < -0.4 is 5.73 Å². The van der Waals surface area contributed by atoms with Crippen LogP contribution in [-0.4, -0.2) is 13.4 Å². The SMILES string of the molecule is Nc1oc(-c2cccs2)nc1S(=O)(=O)c1ccccc1. The molecule has 0 amide bonds. The maximum absolute atomic E-state index is 12.4. The molecule has 0 spiro atoms. The first-order chi connectivity index (χ1) is 9.59. The van der Waals surface area contributed by atoms with E-state index in [0.717, 1.165) is 4.88 Å². The van der Waals surface area contributed by atoms with Gasteiger partial charge in [0.05, 0.1) is 9.77 Å². The minimum Gasteiger partial charge on any atom is -0.419 e. The molecule has 0 aliphatic carbocycles. The number of rotatable bonds is 3. The van der Waals surface area contributed by atoms with E-state index < -0.39 is 9.84 Å². The highest BCUT2D eigenvalue weighted by Crippen LogP contribution is 2.31. The average molecular weight is 306 g/mol. The maximum atomic E-state index is 12.4. The Balaban J connectivity index is 2.12. The summed E-state index contributed by atoms with van der Waals surface area (Å²) < 4.78 is 30.1. The molecule has 0 saturated heterocycles. The highest BCUT2D eigenvalue weighted by Gasteiger charge is 2.27. The van der Waals surface area contributed by atoms with Gasteiger partial charge in [0, 0.05) is 0 Å². The van der Waals surface area contributed by atoms with Crippen molar-refractivity contribution in [3.63, 3.8) is 0 Å². The second kappa shape index (κ2) is 4.77. The maximum Gasteiger partial charge on any atom is 0.240 e. The van der Waals surface area contributed by atoms with E-state index in [1.54, 1.807) is 24.3 Å². The van der Waals surface area contributed by atoms with E-state index in [-0.39, 0.29) is 21.7 Å². The molecule has 0 aliphatic rings. The largest absolute Gasteiger partial charge is 0.419 e. The smallest absolute Gasteiger partial charge is 0.240 e. The van der Waals surface area contributed by atoms with Crippen LogP contribution in [0.25, 0.3) is 10.8 Å². The number of benzene rings is 1. The van der Waals surface area contributed by atoms with Crippen molar-refractivity contribution in [1.82, 2.24) is 4.98 Å². The van der Waals surface area contributed by atoms with Crippen LogP contribution in [0.2, 0.25) is 0 Å². The number of thiophene rings is 1. The third-order valence-corrected chi connectivity index (χ3v) is 5.21. The molecule has 3 aromatic rings. The second-order valence-electron chi connectivity index (χ2n) is 3.98. The molecule has 2 N–H and O–H groups in total. The average Bonchev–Trinajstić information content (AvgIpc) is 3.08. The van der Waals surface area contributed by atoms with Gasteiger partial charge in [0.1, 0.15) is 0 Å². The minimum atomic E-state index is -3.77. The van der Waals surface area contributed by atoms with Crippen LogP contribution in [0.1, 0.15) is 0 Å². The Bertz CT molecular complexity index is 822. The summed E-state index contributed by atoms with van der Waals surface area (Å²) in [6.45, 7) is 0. The first-order valence-corrected chi connectivity index (χ1v) is 8.05. The van der Waals surface area contributed by atoms with Crippen LogP contribution in [0, 0.1) is 0 Å². The fourth-order valence-corrected chi connectivity index (χ4v) is 3.62. The van der Waals surface area contributed by atoms with Gasteiger partial charge in [-0.2, -0.15) is 4.98 Å². The zero-order valence-electron chi connectivity index (χ0n) is 10.2. The molecule has 102 valence electrons. The van der Waals surface area contributed by atoms with Gasteiger partial charge in [0.15, 0.2) is 0 Å². The summed E-state index contributed by atoms with van der Waals surface area (Å²) in [4.78, 5) is 4.90. The Kier molecular flexibility index (Phi) is 3.07. The summed E-state index contributed by atoms with van der Waals surface area (Å²) in [5.74, 6) is 0.0178. The summed E-state index contributed by atoms with van der Waals surface area (Å²) in [5.41, 5.74) is 5.67. The van der Waals surface area contributed by atoms with Crippen molar-refractivity contribution in [2.24, 2.45) is 0 Å². The van der Waals surface area contributed by atoms with Crippen molar-refractivity contribution < 1.29 is 12.8 Å². The van der Waals surface area contributed by atoms with Crippen LogP contribution in [0.4, 0.5) is 5.88 Å². The molecule has 20 heavy (non-hydrogen) atoms. The lowest BCUT2D eigenvalue weighted by molar-refractivity contribution is 0.584. The Hall–Kier alpha value is -2.12. The van der Waals surface area contributed by atoms with E-state index in [0.29, 0.717) is 0 Å². The van der Waals surface area contributed by atoms with Gasteiger partial charge in [0.2, 0.25) is 26.6 Å². The Morgan fingerprint density at radius 1 is 1.10 bits per heavy atom. The molecule has 0 unspecified atom stereocenters. The summed E-state index contributed by atoms with van der Waals surface area (Å²) in [6.07, 6.45) is 0. The van der Waals surface area contributed by atoms with Crippen molar-refractivity contribution in [2.45, 2.75) is 9.92 Å². The standard InChI is InChI=1S/C13H10N2O3S2/c14-11-13(15-12(18-11)10-7-4-8-19-10)20(16,17)9-5-2-1-3-6-9/h1-8H,14H2. The van der Waals surface area contributed by atoms with E-state index in [2.05, 4.69) is 4.98 Å². The first kappa shape index (κ1) is 12.9. The lowest BCUT2D eigenvalue weighted by atomic mass is 10.4. The molecule has 3 rings (SSSR count). The summed E-state index contributed by atoms with van der Waals surface area (Å²) in [7, 11) is -3.77. The number of hydrogen-bond donors (Lipinski definition) is 1. The molecular formula is C13H10N2O3S2. The predicted molar refractivity (Wildman–Crippen MR) is 76.1 cm³/mol. The predicted octanol–water partition coefficient (Wildman–Crippen LogP) is 2.82. The number of sulfone groups is 1. The van der Waals surface area contributed by atoms with Crippen molar-refractivity contribution in [2.75, 3.05) is 5.73 Å². The highest BCUT2D eigenvalue weighted by atomic mass is 32.2. The van der Waals surface area contributed by atoms with E-state index in [1.165, 1.54) is 23.5 Å². The third-order valence-electron chi connectivity index (χ3n) is 2.66. The molecule has 0 bridgehead atoms. The van der Waals surface area contributed by atoms with Crippen molar-refractivity contribution >= 4 is 27.1 Å². The Labute approximate surface area is 119 Å². The van der Waals surface area contributed by atoms with Crippen LogP contribution in [0.15, 0.2) is 62.2 Å². The van der Waals surface area contributed by atoms with Crippen LogP contribution >= 0.6 is 11.3 Å². The highest BCUT2D eigenvalue weighted by molar-refractivity contribution is 7.91. The lowest BCUT2D eigenvalue weighted by Gasteiger charge is -2.00. The van der Waals surface area contributed by atoms with E-state index in [4.69, 9.17) is 10.2 Å². The molecule has 0 fully saturated rings. The summed E-state index contributed by atoms with van der Waals surface area (Å²) in [5, 5.41) is 1.60. The van der Waals surface area contributed by atoms with Gasteiger partial charge in [-0.15, -0.1) is 11.3 Å². The second-order valence-corrected chi connectivity index (χ2v) is 6.79. The molecule has 5 nitrogen and oxygen atoms in total. The zero-order valence-corrected chi connectivity index (χ0v) is 11.8. The summed E-state index contributed by atoms with van der Waals surface area (Å²) in [6, 6.07) is 11.6. The van der Waals surface area contributed by atoms with Crippen LogP contribution in [0.5, 0.6) is 0 Å². The van der Waals surface area contributed by atoms with Crippen molar-refractivity contribution in [3.8, 4) is 10.8 Å². The van der Waals surface area contributed by atoms with Crippen molar-refractivity contribution in [1.29, 1.82) is 0 Å². The van der Waals surface area contributed by atoms with E-state index in [9.17, 15) is 8.42 Å². The van der Waals surface area contributed by atoms with Crippen molar-refractivity contribution in [3.05, 3.63) is 47.8 Å². The number of nitrogens with two attached hydrogens (primary N) is 1. The molecule has 0 radical (unpaired) electrons. The van der Waals surface area contributed by atoms with Gasteiger partial charge in [-0.3, -0.25) is 0 Å². The third kappa shape index (κ3) is 2.10. The topological polar surface area (TPSA) is 86.2 Å². The van der Waals surface area contributed by atoms with Gasteiger partial charge in [0.25, 0.3) is 0 Å². The molecule has 0 saturated carbocycles. The van der Waals surface area contributed by atoms with E-state index in [1.807, 2.05) is 11.4 Å². The van der Waals surface area contributed by atoms with Crippen LogP contribution in [0.3, 0.4) is 0 Å². The monoisotopic (exact) mass is 306 g/mol. The Morgan fingerprint density at radius 2 is 1.85 bits per heavy atom. The van der Waals surface area contributed by atoms with Crippen LogP contribution in [-0.2, 0) is 9.84 Å². The number of nitrogen functional groups attached to an aromatic ring is 1. The number of aromatic nitrogens is 1. The van der Waals surface area contributed by atoms with Gasteiger partial charge in [-0.1, -0.05) is 24.3 Å². The van der Waals surface area contributed by atoms with E-state index >= 15 is 0 Å². The molecule has 0 atom stereocenters. The first-order valence-electron chi connectivity index (χ1n) is 5.69. The molecule has 2 heterocycles. The number of anilines is 1. The van der Waals surface area contributed by atoms with Gasteiger partial charge < -0.3 is 10.2 Å². The molecule has 0 aliphatic heterocycles. The number of oxazole rings is 1. The molecule has 1 aromatic carbocycles. The quantitative estimate of drug-likeness (QED) is 0.804. The Morgan fingerprint density at radius 3 is 2.50 bits per heavy atom. The minimum absolute atomic E-state index is 0.137. The summed E-state index contributed by atoms with van der Waals surface area (Å²) >= 11 is 1.40. The normalized spacial score (nSPS) is 11.6. The fourth-order valence-electron chi connectivity index (χ4n) is 1.73. The molecule has 2 aromatic heterocycles. The number of nitrogens with zero attached hydrogens (tertiary/aromatic N) is 1. The van der Waals surface area contributed by atoms with Gasteiger partial charge >= 0.3 is 0 Å². The zero-order chi connectivity index (χ0) is 14.2. The lowest BCUT2D eigenvalue weighted by Crippen LogP contribution is -2.04. The number of hydrogen-bond acceptors (Lipinski definition) is 6. The van der Waals surface area contributed by atoms with Gasteiger partial charge in [-0.05, 0) is 23.6 Å².